The van der Waals surface area contributed by atoms with Gasteiger partial charge < -0.3 is 19.4 Å². The zero-order valence-electron chi connectivity index (χ0n) is 14.9. The van der Waals surface area contributed by atoms with E-state index in [0.717, 1.165) is 6.42 Å². The predicted octanol–water partition coefficient (Wildman–Crippen LogP) is 3.11. The molecule has 142 valence electrons. The molecule has 1 aromatic carbocycles. The smallest absolute Gasteiger partial charge is 0.291 e. The number of carbonyl (C=O) groups is 2. The highest BCUT2D eigenvalue weighted by molar-refractivity contribution is 6.01. The number of hydrogen-bond donors (Lipinski definition) is 1. The second kappa shape index (κ2) is 7.91. The Hall–Kier alpha value is -3.68. The maximum Gasteiger partial charge on any atom is 0.291 e. The summed E-state index contributed by atoms with van der Waals surface area (Å²) in [4.78, 5) is 34.7. The summed E-state index contributed by atoms with van der Waals surface area (Å²) in [6, 6.07) is 10.1. The van der Waals surface area contributed by atoms with Gasteiger partial charge in [0.1, 0.15) is 11.8 Å². The van der Waals surface area contributed by atoms with Gasteiger partial charge in [-0.05, 0) is 37.1 Å². The minimum absolute atomic E-state index is 0.125. The van der Waals surface area contributed by atoms with Crippen molar-refractivity contribution in [3.8, 4) is 11.5 Å². The van der Waals surface area contributed by atoms with Crippen molar-refractivity contribution in [3.05, 3.63) is 67.1 Å². The number of amides is 2. The standard InChI is InChI=1S/C20H18N4O4/c25-19(16-7-4-10-24(16)20(26)18-12-22-13-27-18)23-15-6-1-2-8-17(15)28-14-5-3-9-21-11-14/h1-3,5-6,8-9,11-13,16H,4,7,10H2,(H,23,25)/t16-/m0/s1. The van der Waals surface area contributed by atoms with Crippen LogP contribution in [0.4, 0.5) is 5.69 Å². The number of hydrogen-bond acceptors (Lipinski definition) is 6. The number of carbonyl (C=O) groups excluding carboxylic acids is 2. The number of para-hydroxylation sites is 2. The summed E-state index contributed by atoms with van der Waals surface area (Å²) >= 11 is 0. The molecule has 3 aromatic rings. The minimum atomic E-state index is -0.580. The molecule has 1 saturated heterocycles. The summed E-state index contributed by atoms with van der Waals surface area (Å²) in [7, 11) is 0. The molecule has 28 heavy (non-hydrogen) atoms. The molecule has 1 aliphatic rings. The molecule has 4 rings (SSSR count). The van der Waals surface area contributed by atoms with Crippen LogP contribution in [0.15, 0.2) is 65.8 Å². The maximum absolute atomic E-state index is 12.9. The molecule has 0 unspecified atom stereocenters. The molecular formula is C20H18N4O4. The largest absolute Gasteiger partial charge is 0.454 e. The third-order valence-corrected chi connectivity index (χ3v) is 4.47. The van der Waals surface area contributed by atoms with Gasteiger partial charge in [0, 0.05) is 12.7 Å². The first-order valence-electron chi connectivity index (χ1n) is 8.89. The molecule has 0 bridgehead atoms. The van der Waals surface area contributed by atoms with Gasteiger partial charge in [-0.15, -0.1) is 0 Å². The number of benzene rings is 1. The molecule has 8 heteroatoms. The van der Waals surface area contributed by atoms with E-state index in [2.05, 4.69) is 15.3 Å². The maximum atomic E-state index is 12.9. The Labute approximate surface area is 161 Å². The first kappa shape index (κ1) is 17.7. The molecule has 8 nitrogen and oxygen atoms in total. The van der Waals surface area contributed by atoms with Gasteiger partial charge in [0.05, 0.1) is 18.1 Å². The van der Waals surface area contributed by atoms with Gasteiger partial charge in [0.25, 0.3) is 5.91 Å². The molecule has 0 saturated carbocycles. The zero-order valence-corrected chi connectivity index (χ0v) is 14.9. The van der Waals surface area contributed by atoms with Crippen molar-refractivity contribution in [2.45, 2.75) is 18.9 Å². The Bertz CT molecular complexity index is 959. The van der Waals surface area contributed by atoms with Crippen molar-refractivity contribution in [3.63, 3.8) is 0 Å². The summed E-state index contributed by atoms with van der Waals surface area (Å²) in [5, 5.41) is 2.88. The molecule has 1 aliphatic heterocycles. The average Bonchev–Trinajstić information content (AvgIpc) is 3.42. The van der Waals surface area contributed by atoms with E-state index < -0.39 is 6.04 Å². The summed E-state index contributed by atoms with van der Waals surface area (Å²) in [5.41, 5.74) is 0.523. The number of oxazole rings is 1. The SMILES string of the molecule is O=C(Nc1ccccc1Oc1cccnc1)[C@@H]1CCCN1C(=O)c1cnco1. The van der Waals surface area contributed by atoms with Crippen LogP contribution in [0.3, 0.4) is 0 Å². The van der Waals surface area contributed by atoms with Crippen LogP contribution in [0.25, 0.3) is 0 Å². The Balaban J connectivity index is 1.50. The fourth-order valence-corrected chi connectivity index (χ4v) is 3.15. The topological polar surface area (TPSA) is 97.6 Å². The Morgan fingerprint density at radius 1 is 1.14 bits per heavy atom. The molecule has 3 heterocycles. The van der Waals surface area contributed by atoms with Gasteiger partial charge in [0.15, 0.2) is 12.1 Å². The molecular weight excluding hydrogens is 360 g/mol. The van der Waals surface area contributed by atoms with Crippen molar-refractivity contribution in [1.82, 2.24) is 14.9 Å². The van der Waals surface area contributed by atoms with E-state index in [-0.39, 0.29) is 17.6 Å². The number of anilines is 1. The van der Waals surface area contributed by atoms with Crippen LogP contribution in [0.1, 0.15) is 23.4 Å². The Kier molecular flexibility index (Phi) is 5.01. The first-order chi connectivity index (χ1) is 13.7. The Morgan fingerprint density at radius 2 is 2.04 bits per heavy atom. The van der Waals surface area contributed by atoms with E-state index in [1.165, 1.54) is 17.5 Å². The number of likely N-dealkylation sites (tertiary alicyclic amines) is 1. The summed E-state index contributed by atoms with van der Waals surface area (Å²) in [5.74, 6) is 0.574. The molecule has 0 radical (unpaired) electrons. The lowest BCUT2D eigenvalue weighted by Crippen LogP contribution is -2.43. The normalized spacial score (nSPS) is 16.0. The highest BCUT2D eigenvalue weighted by Gasteiger charge is 2.36. The lowest BCUT2D eigenvalue weighted by atomic mass is 10.2. The quantitative estimate of drug-likeness (QED) is 0.733. The van der Waals surface area contributed by atoms with Crippen LogP contribution < -0.4 is 10.1 Å². The van der Waals surface area contributed by atoms with Crippen LogP contribution >= 0.6 is 0 Å². The summed E-state index contributed by atoms with van der Waals surface area (Å²) in [6.45, 7) is 0.492. The van der Waals surface area contributed by atoms with Crippen molar-refractivity contribution in [2.24, 2.45) is 0 Å². The van der Waals surface area contributed by atoms with Gasteiger partial charge in [-0.1, -0.05) is 12.1 Å². The zero-order chi connectivity index (χ0) is 19.3. The fourth-order valence-electron chi connectivity index (χ4n) is 3.15. The van der Waals surface area contributed by atoms with Crippen molar-refractivity contribution in [2.75, 3.05) is 11.9 Å². The molecule has 2 amide bonds. The van der Waals surface area contributed by atoms with Gasteiger partial charge in [-0.3, -0.25) is 14.6 Å². The molecule has 1 fully saturated rings. The third-order valence-electron chi connectivity index (χ3n) is 4.47. The monoisotopic (exact) mass is 378 g/mol. The minimum Gasteiger partial charge on any atom is -0.454 e. The van der Waals surface area contributed by atoms with Gasteiger partial charge in [-0.2, -0.15) is 0 Å². The van der Waals surface area contributed by atoms with Crippen LogP contribution in [-0.2, 0) is 4.79 Å². The Morgan fingerprint density at radius 3 is 2.82 bits per heavy atom. The van der Waals surface area contributed by atoms with E-state index in [4.69, 9.17) is 9.15 Å². The van der Waals surface area contributed by atoms with Crippen molar-refractivity contribution in [1.29, 1.82) is 0 Å². The second-order valence-corrected chi connectivity index (χ2v) is 6.30. The number of aromatic nitrogens is 2. The number of ether oxygens (including phenoxy) is 1. The lowest BCUT2D eigenvalue weighted by Gasteiger charge is -2.23. The van der Waals surface area contributed by atoms with Crippen LogP contribution in [0.5, 0.6) is 11.5 Å². The number of nitrogens with one attached hydrogen (secondary N) is 1. The van der Waals surface area contributed by atoms with Crippen molar-refractivity contribution >= 4 is 17.5 Å². The summed E-state index contributed by atoms with van der Waals surface area (Å²) < 4.78 is 10.9. The average molecular weight is 378 g/mol. The number of nitrogens with zero attached hydrogens (tertiary/aromatic N) is 3. The first-order valence-corrected chi connectivity index (χ1v) is 8.89. The fraction of sp³-hybridized carbons (Fsp3) is 0.200. The van der Waals surface area contributed by atoms with E-state index >= 15 is 0 Å². The highest BCUT2D eigenvalue weighted by atomic mass is 16.5. The molecule has 2 aromatic heterocycles. The summed E-state index contributed by atoms with van der Waals surface area (Å²) in [6.07, 6.45) is 7.12. The number of rotatable bonds is 5. The van der Waals surface area contributed by atoms with E-state index in [1.54, 1.807) is 42.7 Å². The lowest BCUT2D eigenvalue weighted by molar-refractivity contribution is -0.119. The molecule has 0 aliphatic carbocycles. The van der Waals surface area contributed by atoms with Crippen LogP contribution in [-0.4, -0.2) is 39.3 Å². The van der Waals surface area contributed by atoms with Gasteiger partial charge in [0.2, 0.25) is 11.7 Å². The van der Waals surface area contributed by atoms with Crippen LogP contribution in [0.2, 0.25) is 0 Å². The van der Waals surface area contributed by atoms with E-state index in [0.29, 0.717) is 30.2 Å². The van der Waals surface area contributed by atoms with Gasteiger partial charge in [-0.25, -0.2) is 4.98 Å². The number of pyridine rings is 1. The third kappa shape index (κ3) is 3.71. The van der Waals surface area contributed by atoms with E-state index in [1.807, 2.05) is 6.07 Å². The van der Waals surface area contributed by atoms with Gasteiger partial charge >= 0.3 is 0 Å². The van der Waals surface area contributed by atoms with E-state index in [9.17, 15) is 9.59 Å². The molecule has 1 atom stereocenters. The van der Waals surface area contributed by atoms with Crippen LogP contribution in [0, 0.1) is 0 Å². The molecule has 1 N–H and O–H groups in total. The highest BCUT2D eigenvalue weighted by Crippen LogP contribution is 2.30. The van der Waals surface area contributed by atoms with Crippen molar-refractivity contribution < 1.29 is 18.7 Å². The molecule has 0 spiro atoms. The second-order valence-electron chi connectivity index (χ2n) is 6.30. The predicted molar refractivity (Wildman–Crippen MR) is 99.9 cm³/mol.